The average molecular weight is 231 g/mol. The Bertz CT molecular complexity index is 415. The Morgan fingerprint density at radius 3 is 2.53 bits per heavy atom. The second-order valence-corrected chi connectivity index (χ2v) is 4.52. The summed E-state index contributed by atoms with van der Waals surface area (Å²) in [6.45, 7) is 1.88. The van der Waals surface area contributed by atoms with Crippen LogP contribution < -0.4 is 4.90 Å². The van der Waals surface area contributed by atoms with E-state index in [9.17, 15) is 0 Å². The first-order chi connectivity index (χ1) is 8.22. The van der Waals surface area contributed by atoms with E-state index in [1.807, 2.05) is 0 Å². The van der Waals surface area contributed by atoms with E-state index in [1.54, 1.807) is 12.4 Å². The van der Waals surface area contributed by atoms with Gasteiger partial charge in [0.15, 0.2) is 11.5 Å². The predicted molar refractivity (Wildman–Crippen MR) is 65.7 cm³/mol. The number of nitrogens with zero attached hydrogens (tertiary/aromatic N) is 5. The Labute approximate surface area is 102 Å². The van der Waals surface area contributed by atoms with E-state index in [0.29, 0.717) is 11.7 Å². The predicted octanol–water partition coefficient (Wildman–Crippen LogP) is 0.879. The molecule has 5 nitrogen and oxygen atoms in total. The lowest BCUT2D eigenvalue weighted by molar-refractivity contribution is 0.249. The van der Waals surface area contributed by atoms with Crippen LogP contribution >= 0.6 is 0 Å². The van der Waals surface area contributed by atoms with Gasteiger partial charge in [-0.1, -0.05) is 0 Å². The van der Waals surface area contributed by atoms with Gasteiger partial charge in [-0.05, 0) is 26.9 Å². The van der Waals surface area contributed by atoms with Crippen molar-refractivity contribution < 1.29 is 0 Å². The molecule has 0 N–H and O–H groups in total. The van der Waals surface area contributed by atoms with Gasteiger partial charge in [0.2, 0.25) is 0 Å². The molecule has 0 saturated carbocycles. The Balaban J connectivity index is 2.08. The first-order valence-corrected chi connectivity index (χ1v) is 5.85. The topological polar surface area (TPSA) is 56.1 Å². The van der Waals surface area contributed by atoms with E-state index in [-0.39, 0.29) is 0 Å². The number of rotatable bonds is 2. The maximum absolute atomic E-state index is 9.00. The molecule has 0 spiro atoms. The first-order valence-electron chi connectivity index (χ1n) is 5.85. The third-order valence-electron chi connectivity index (χ3n) is 3.28. The number of piperidine rings is 1. The van der Waals surface area contributed by atoms with Crippen molar-refractivity contribution in [3.63, 3.8) is 0 Å². The maximum atomic E-state index is 9.00. The molecule has 1 aliphatic rings. The van der Waals surface area contributed by atoms with Crippen molar-refractivity contribution in [2.45, 2.75) is 18.9 Å². The van der Waals surface area contributed by atoms with Crippen LogP contribution in [0.15, 0.2) is 12.4 Å². The Hall–Kier alpha value is -1.67. The van der Waals surface area contributed by atoms with E-state index < -0.39 is 0 Å². The molecule has 1 aromatic heterocycles. The van der Waals surface area contributed by atoms with Crippen molar-refractivity contribution >= 4 is 5.82 Å². The molecule has 5 heteroatoms. The molecule has 0 atom stereocenters. The number of anilines is 1. The summed E-state index contributed by atoms with van der Waals surface area (Å²) in [6, 6.07) is 2.73. The smallest absolute Gasteiger partial charge is 0.183 e. The Kier molecular flexibility index (Phi) is 3.55. The van der Waals surface area contributed by atoms with Gasteiger partial charge in [0.05, 0.1) is 0 Å². The Morgan fingerprint density at radius 1 is 1.29 bits per heavy atom. The van der Waals surface area contributed by atoms with Gasteiger partial charge < -0.3 is 9.80 Å². The SMILES string of the molecule is CN(C)C1CCN(c2nccnc2C#N)CC1. The lowest BCUT2D eigenvalue weighted by Gasteiger charge is -2.35. The van der Waals surface area contributed by atoms with Gasteiger partial charge in [0, 0.05) is 31.5 Å². The van der Waals surface area contributed by atoms with Crippen LogP contribution in [0.1, 0.15) is 18.5 Å². The van der Waals surface area contributed by atoms with Crippen molar-refractivity contribution in [3.05, 3.63) is 18.1 Å². The molecule has 0 aromatic carbocycles. The summed E-state index contributed by atoms with van der Waals surface area (Å²) in [5.74, 6) is 0.729. The quantitative estimate of drug-likeness (QED) is 0.756. The van der Waals surface area contributed by atoms with Crippen LogP contribution in [0.3, 0.4) is 0 Å². The highest BCUT2D eigenvalue weighted by Crippen LogP contribution is 2.21. The summed E-state index contributed by atoms with van der Waals surface area (Å²) in [7, 11) is 4.23. The van der Waals surface area contributed by atoms with Crippen LogP contribution in [-0.2, 0) is 0 Å². The molecule has 1 aliphatic heterocycles. The molecule has 1 saturated heterocycles. The van der Waals surface area contributed by atoms with Gasteiger partial charge in [-0.15, -0.1) is 0 Å². The van der Waals surface area contributed by atoms with Gasteiger partial charge in [-0.25, -0.2) is 9.97 Å². The van der Waals surface area contributed by atoms with Gasteiger partial charge in [0.1, 0.15) is 6.07 Å². The van der Waals surface area contributed by atoms with Crippen molar-refractivity contribution in [2.75, 3.05) is 32.1 Å². The van der Waals surface area contributed by atoms with Crippen LogP contribution in [0.4, 0.5) is 5.82 Å². The highest BCUT2D eigenvalue weighted by Gasteiger charge is 2.23. The van der Waals surface area contributed by atoms with Crippen LogP contribution in [0.2, 0.25) is 0 Å². The molecule has 0 unspecified atom stereocenters. The molecule has 2 heterocycles. The van der Waals surface area contributed by atoms with Gasteiger partial charge in [-0.3, -0.25) is 0 Å². The molecular formula is C12H17N5. The number of hydrogen-bond acceptors (Lipinski definition) is 5. The Morgan fingerprint density at radius 2 is 1.94 bits per heavy atom. The zero-order chi connectivity index (χ0) is 12.3. The zero-order valence-corrected chi connectivity index (χ0v) is 10.3. The van der Waals surface area contributed by atoms with Crippen molar-refractivity contribution in [2.24, 2.45) is 0 Å². The van der Waals surface area contributed by atoms with Crippen molar-refractivity contribution in [1.82, 2.24) is 14.9 Å². The molecule has 17 heavy (non-hydrogen) atoms. The van der Waals surface area contributed by atoms with E-state index in [1.165, 1.54) is 0 Å². The summed E-state index contributed by atoms with van der Waals surface area (Å²) >= 11 is 0. The summed E-state index contributed by atoms with van der Waals surface area (Å²) < 4.78 is 0. The molecule has 90 valence electrons. The fraction of sp³-hybridized carbons (Fsp3) is 0.583. The monoisotopic (exact) mass is 231 g/mol. The molecular weight excluding hydrogens is 214 g/mol. The minimum atomic E-state index is 0.427. The highest BCUT2D eigenvalue weighted by atomic mass is 15.2. The number of aromatic nitrogens is 2. The van der Waals surface area contributed by atoms with Crippen LogP contribution in [-0.4, -0.2) is 48.1 Å². The number of nitriles is 1. The second-order valence-electron chi connectivity index (χ2n) is 4.52. The normalized spacial score (nSPS) is 17.2. The van der Waals surface area contributed by atoms with Crippen LogP contribution in [0, 0.1) is 11.3 Å². The largest absolute Gasteiger partial charge is 0.354 e. The van der Waals surface area contributed by atoms with E-state index in [4.69, 9.17) is 5.26 Å². The summed E-state index contributed by atoms with van der Waals surface area (Å²) in [5, 5.41) is 9.00. The average Bonchev–Trinajstić information content (AvgIpc) is 2.39. The van der Waals surface area contributed by atoms with Crippen molar-refractivity contribution in [3.8, 4) is 6.07 Å². The fourth-order valence-corrected chi connectivity index (χ4v) is 2.24. The van der Waals surface area contributed by atoms with E-state index in [0.717, 1.165) is 31.7 Å². The molecule has 0 amide bonds. The van der Waals surface area contributed by atoms with Crippen molar-refractivity contribution in [1.29, 1.82) is 5.26 Å². The lowest BCUT2D eigenvalue weighted by Crippen LogP contribution is -2.42. The van der Waals surface area contributed by atoms with Gasteiger partial charge >= 0.3 is 0 Å². The van der Waals surface area contributed by atoms with Crippen LogP contribution in [0.5, 0.6) is 0 Å². The molecule has 2 rings (SSSR count). The first kappa shape index (κ1) is 11.8. The minimum absolute atomic E-state index is 0.427. The molecule has 0 bridgehead atoms. The van der Waals surface area contributed by atoms with E-state index in [2.05, 4.69) is 39.9 Å². The van der Waals surface area contributed by atoms with Gasteiger partial charge in [0.25, 0.3) is 0 Å². The van der Waals surface area contributed by atoms with Crippen LogP contribution in [0.25, 0.3) is 0 Å². The molecule has 1 aromatic rings. The molecule has 1 fully saturated rings. The molecule has 0 radical (unpaired) electrons. The van der Waals surface area contributed by atoms with Gasteiger partial charge in [-0.2, -0.15) is 5.26 Å². The second kappa shape index (κ2) is 5.11. The fourth-order valence-electron chi connectivity index (χ4n) is 2.24. The van der Waals surface area contributed by atoms with E-state index >= 15 is 0 Å². The third-order valence-corrected chi connectivity index (χ3v) is 3.28. The summed E-state index contributed by atoms with van der Waals surface area (Å²) in [6.07, 6.45) is 5.42. The standard InChI is InChI=1S/C12H17N5/c1-16(2)10-3-7-17(8-4-10)12-11(9-13)14-5-6-15-12/h5-6,10H,3-4,7-8H2,1-2H3. The highest BCUT2D eigenvalue weighted by molar-refractivity contribution is 5.49. The summed E-state index contributed by atoms with van der Waals surface area (Å²) in [4.78, 5) is 12.7. The zero-order valence-electron chi connectivity index (χ0n) is 10.3. The maximum Gasteiger partial charge on any atom is 0.183 e. The lowest BCUT2D eigenvalue weighted by atomic mass is 10.0. The summed E-state index contributed by atoms with van der Waals surface area (Å²) in [5.41, 5.74) is 0.427. The minimum Gasteiger partial charge on any atom is -0.354 e. The molecule has 0 aliphatic carbocycles. The number of hydrogen-bond donors (Lipinski definition) is 0. The third kappa shape index (κ3) is 2.53.